The Morgan fingerprint density at radius 3 is 2.19 bits per heavy atom. The second-order valence-corrected chi connectivity index (χ2v) is 6.30. The van der Waals surface area contributed by atoms with Crippen LogP contribution in [0, 0.1) is 23.4 Å². The van der Waals surface area contributed by atoms with Crippen molar-refractivity contribution in [1.82, 2.24) is 4.90 Å². The van der Waals surface area contributed by atoms with Gasteiger partial charge in [0.25, 0.3) is 5.91 Å². The van der Waals surface area contributed by atoms with Gasteiger partial charge in [0, 0.05) is 42.4 Å². The lowest BCUT2D eigenvalue weighted by molar-refractivity contribution is 0.0647. The smallest absolute Gasteiger partial charge is 0.253 e. The van der Waals surface area contributed by atoms with E-state index in [1.165, 1.54) is 0 Å². The van der Waals surface area contributed by atoms with Gasteiger partial charge in [0.15, 0.2) is 5.78 Å². The lowest BCUT2D eigenvalue weighted by atomic mass is 9.88. The Morgan fingerprint density at radius 1 is 1.00 bits per heavy atom. The fourth-order valence-corrected chi connectivity index (χ4v) is 3.18. The van der Waals surface area contributed by atoms with Crippen molar-refractivity contribution in [2.75, 3.05) is 18.8 Å². The average molecular weight is 362 g/mol. The van der Waals surface area contributed by atoms with Crippen LogP contribution < -0.4 is 5.73 Å². The Balaban J connectivity index is 1.69. The average Bonchev–Trinajstić information content (AvgIpc) is 2.60. The molecule has 4 nitrogen and oxygen atoms in total. The fraction of sp³-hybridized carbons (Fsp3) is 0.263. The van der Waals surface area contributed by atoms with E-state index < -0.39 is 34.7 Å². The first-order valence-corrected chi connectivity index (χ1v) is 8.20. The molecule has 1 aliphatic rings. The lowest BCUT2D eigenvalue weighted by Gasteiger charge is -2.31. The zero-order valence-electron chi connectivity index (χ0n) is 13.8. The molecule has 0 aliphatic carbocycles. The van der Waals surface area contributed by atoms with Crippen LogP contribution in [0.2, 0.25) is 0 Å². The monoisotopic (exact) mass is 362 g/mol. The van der Waals surface area contributed by atoms with Crippen LogP contribution in [-0.2, 0) is 0 Å². The van der Waals surface area contributed by atoms with Gasteiger partial charge in [0.05, 0.1) is 5.56 Å². The number of piperidine rings is 1. The molecule has 1 saturated heterocycles. The minimum atomic E-state index is -1.20. The zero-order valence-corrected chi connectivity index (χ0v) is 13.8. The van der Waals surface area contributed by atoms with Gasteiger partial charge in [-0.25, -0.2) is 13.2 Å². The molecule has 2 aromatic rings. The summed E-state index contributed by atoms with van der Waals surface area (Å²) in [5.74, 6) is -5.00. The van der Waals surface area contributed by atoms with Gasteiger partial charge in [0.2, 0.25) is 0 Å². The van der Waals surface area contributed by atoms with Gasteiger partial charge in [-0.05, 0) is 31.0 Å². The summed E-state index contributed by atoms with van der Waals surface area (Å²) in [6.07, 6.45) is 0.562. The molecule has 2 aromatic carbocycles. The number of hydrogen-bond donors (Lipinski definition) is 1. The van der Waals surface area contributed by atoms with Crippen molar-refractivity contribution < 1.29 is 22.8 Å². The topological polar surface area (TPSA) is 63.4 Å². The quantitative estimate of drug-likeness (QED) is 0.672. The summed E-state index contributed by atoms with van der Waals surface area (Å²) in [6, 6.07) is 7.57. The molecule has 0 unspecified atom stereocenters. The molecule has 0 saturated carbocycles. The van der Waals surface area contributed by atoms with Gasteiger partial charge in [-0.15, -0.1) is 0 Å². The van der Waals surface area contributed by atoms with E-state index >= 15 is 0 Å². The molecule has 3 rings (SSSR count). The number of likely N-dealkylation sites (tertiary alicyclic amines) is 1. The normalized spacial score (nSPS) is 15.1. The van der Waals surface area contributed by atoms with Crippen molar-refractivity contribution in [1.29, 1.82) is 0 Å². The second-order valence-electron chi connectivity index (χ2n) is 6.30. The number of benzene rings is 2. The maximum absolute atomic E-state index is 13.8. The van der Waals surface area contributed by atoms with Gasteiger partial charge in [0.1, 0.15) is 17.5 Å². The third-order valence-corrected chi connectivity index (χ3v) is 4.54. The second kappa shape index (κ2) is 7.19. The van der Waals surface area contributed by atoms with E-state index in [0.29, 0.717) is 23.4 Å². The molecule has 26 heavy (non-hydrogen) atoms. The van der Waals surface area contributed by atoms with Crippen LogP contribution in [0.25, 0.3) is 0 Å². The summed E-state index contributed by atoms with van der Waals surface area (Å²) in [5, 5.41) is 0. The molecule has 136 valence electrons. The molecule has 1 fully saturated rings. The number of amides is 1. The third kappa shape index (κ3) is 3.56. The van der Waals surface area contributed by atoms with Crippen molar-refractivity contribution >= 4 is 17.4 Å². The van der Waals surface area contributed by atoms with Gasteiger partial charge in [-0.1, -0.05) is 6.07 Å². The summed E-state index contributed by atoms with van der Waals surface area (Å²) >= 11 is 0. The van der Waals surface area contributed by atoms with Crippen LogP contribution >= 0.6 is 0 Å². The summed E-state index contributed by atoms with van der Waals surface area (Å²) in [5.41, 5.74) is 5.89. The van der Waals surface area contributed by atoms with E-state index in [1.807, 2.05) is 0 Å². The first-order chi connectivity index (χ1) is 12.4. The van der Waals surface area contributed by atoms with Crippen LogP contribution in [0.4, 0.5) is 18.9 Å². The SMILES string of the molecule is Nc1cccc(C(=O)N2CCC(C(=O)c3c(F)cc(F)cc3F)CC2)c1. The Hall–Kier alpha value is -2.83. The zero-order chi connectivity index (χ0) is 18.8. The van der Waals surface area contributed by atoms with Crippen LogP contribution in [-0.4, -0.2) is 29.7 Å². The van der Waals surface area contributed by atoms with Crippen molar-refractivity contribution in [3.8, 4) is 0 Å². The Morgan fingerprint density at radius 2 is 1.62 bits per heavy atom. The molecule has 0 bridgehead atoms. The first-order valence-electron chi connectivity index (χ1n) is 8.20. The molecule has 0 atom stereocenters. The van der Waals surface area contributed by atoms with Crippen molar-refractivity contribution in [3.63, 3.8) is 0 Å². The summed E-state index contributed by atoms with van der Waals surface area (Å²) in [4.78, 5) is 26.5. The number of anilines is 1. The number of carbonyl (C=O) groups is 2. The number of nitrogen functional groups attached to an aromatic ring is 1. The number of hydrogen-bond acceptors (Lipinski definition) is 3. The number of rotatable bonds is 3. The highest BCUT2D eigenvalue weighted by atomic mass is 19.1. The maximum atomic E-state index is 13.8. The number of halogens is 3. The van der Waals surface area contributed by atoms with Crippen molar-refractivity contribution in [2.45, 2.75) is 12.8 Å². The summed E-state index contributed by atoms with van der Waals surface area (Å²) < 4.78 is 40.6. The van der Waals surface area contributed by atoms with Crippen LogP contribution in [0.1, 0.15) is 33.6 Å². The summed E-state index contributed by atoms with van der Waals surface area (Å²) in [6.45, 7) is 0.572. The van der Waals surface area contributed by atoms with Gasteiger partial charge in [-0.3, -0.25) is 9.59 Å². The largest absolute Gasteiger partial charge is 0.399 e. The van der Waals surface area contributed by atoms with E-state index in [-0.39, 0.29) is 31.8 Å². The third-order valence-electron chi connectivity index (χ3n) is 4.54. The van der Waals surface area contributed by atoms with Gasteiger partial charge < -0.3 is 10.6 Å². The number of nitrogens with two attached hydrogens (primary N) is 1. The van der Waals surface area contributed by atoms with Crippen LogP contribution in [0.5, 0.6) is 0 Å². The maximum Gasteiger partial charge on any atom is 0.253 e. The van der Waals surface area contributed by atoms with E-state index in [4.69, 9.17) is 5.73 Å². The van der Waals surface area contributed by atoms with Crippen LogP contribution in [0.3, 0.4) is 0 Å². The number of nitrogens with zero attached hydrogens (tertiary/aromatic N) is 1. The number of carbonyl (C=O) groups excluding carboxylic acids is 2. The molecule has 0 spiro atoms. The van der Waals surface area contributed by atoms with Crippen molar-refractivity contribution in [2.24, 2.45) is 5.92 Å². The molecule has 1 heterocycles. The Kier molecular flexibility index (Phi) is 4.97. The predicted octanol–water partition coefficient (Wildman–Crippen LogP) is 3.42. The highest BCUT2D eigenvalue weighted by Gasteiger charge is 2.31. The molecule has 1 amide bonds. The van der Waals surface area contributed by atoms with Crippen LogP contribution in [0.15, 0.2) is 36.4 Å². The van der Waals surface area contributed by atoms with E-state index in [1.54, 1.807) is 29.2 Å². The molecule has 7 heteroatoms. The first kappa shape index (κ1) is 18.0. The standard InChI is InChI=1S/C19H17F3N2O2/c20-13-9-15(21)17(16(22)10-13)18(25)11-4-6-24(7-5-11)19(26)12-2-1-3-14(23)8-12/h1-3,8-11H,4-7,23H2. The Labute approximate surface area is 148 Å². The summed E-state index contributed by atoms with van der Waals surface area (Å²) in [7, 11) is 0. The fourth-order valence-electron chi connectivity index (χ4n) is 3.18. The lowest BCUT2D eigenvalue weighted by Crippen LogP contribution is -2.40. The molecule has 2 N–H and O–H groups in total. The minimum Gasteiger partial charge on any atom is -0.399 e. The predicted molar refractivity (Wildman–Crippen MR) is 90.1 cm³/mol. The highest BCUT2D eigenvalue weighted by Crippen LogP contribution is 2.26. The van der Waals surface area contributed by atoms with Gasteiger partial charge in [-0.2, -0.15) is 0 Å². The minimum absolute atomic E-state index is 0.206. The molecule has 1 aliphatic heterocycles. The van der Waals surface area contributed by atoms with E-state index in [0.717, 1.165) is 0 Å². The highest BCUT2D eigenvalue weighted by molar-refractivity contribution is 5.99. The number of Topliss-reactive ketones (excluding diaryl/α,β-unsaturated/α-hetero) is 1. The Bertz CT molecular complexity index is 839. The van der Waals surface area contributed by atoms with Gasteiger partial charge >= 0.3 is 0 Å². The molecular weight excluding hydrogens is 345 g/mol. The molecule has 0 aromatic heterocycles. The van der Waals surface area contributed by atoms with E-state index in [9.17, 15) is 22.8 Å². The number of ketones is 1. The van der Waals surface area contributed by atoms with Crippen molar-refractivity contribution in [3.05, 3.63) is 65.0 Å². The van der Waals surface area contributed by atoms with E-state index in [2.05, 4.69) is 0 Å². The molecular formula is C19H17F3N2O2. The molecule has 0 radical (unpaired) electrons.